The highest BCUT2D eigenvalue weighted by Crippen LogP contribution is 2.15. The Kier molecular flexibility index (Phi) is 5.38. The molecule has 1 aromatic rings. The molecule has 1 aromatic heterocycles. The maximum Gasteiger partial charge on any atom is 0.317 e. The minimum absolute atomic E-state index is 0.226. The van der Waals surface area contributed by atoms with Crippen molar-refractivity contribution < 1.29 is 13.9 Å². The lowest BCUT2D eigenvalue weighted by molar-refractivity contribution is 0.0963. The Hall–Kier alpha value is -1.82. The van der Waals surface area contributed by atoms with Crippen molar-refractivity contribution >= 4 is 11.9 Å². The van der Waals surface area contributed by atoms with Crippen LogP contribution >= 0.6 is 0 Å². The van der Waals surface area contributed by atoms with Crippen LogP contribution in [0.5, 0.6) is 0 Å². The lowest BCUT2D eigenvalue weighted by Gasteiger charge is -2.35. The minimum atomic E-state index is -0.414. The first-order valence-electron chi connectivity index (χ1n) is 7.32. The maximum atomic E-state index is 12.0. The summed E-state index contributed by atoms with van der Waals surface area (Å²) in [6.07, 6.45) is 3.53. The Morgan fingerprint density at radius 1 is 1.52 bits per heavy atom. The molecule has 0 saturated carbocycles. The van der Waals surface area contributed by atoms with Crippen molar-refractivity contribution in [2.75, 3.05) is 33.8 Å². The summed E-state index contributed by atoms with van der Waals surface area (Å²) >= 11 is 0. The van der Waals surface area contributed by atoms with Crippen LogP contribution in [-0.2, 0) is 4.74 Å². The summed E-state index contributed by atoms with van der Waals surface area (Å²) in [5.41, 5.74) is 0. The van der Waals surface area contributed by atoms with Gasteiger partial charge in [-0.25, -0.2) is 0 Å². The zero-order valence-corrected chi connectivity index (χ0v) is 12.9. The average molecular weight is 293 g/mol. The van der Waals surface area contributed by atoms with Crippen molar-refractivity contribution in [1.82, 2.24) is 9.80 Å². The Labute approximate surface area is 125 Å². The summed E-state index contributed by atoms with van der Waals surface area (Å²) in [6, 6.07) is 3.98. The van der Waals surface area contributed by atoms with Crippen LogP contribution in [0.2, 0.25) is 0 Å². The van der Waals surface area contributed by atoms with Gasteiger partial charge < -0.3 is 19.0 Å². The van der Waals surface area contributed by atoms with Gasteiger partial charge in [-0.15, -0.1) is 0 Å². The maximum absolute atomic E-state index is 12.0. The third-order valence-corrected chi connectivity index (χ3v) is 3.74. The lowest BCUT2D eigenvalue weighted by Crippen LogP contribution is -2.45. The van der Waals surface area contributed by atoms with E-state index in [0.29, 0.717) is 18.7 Å². The number of amidine groups is 1. The molecule has 1 fully saturated rings. The first kappa shape index (κ1) is 15.6. The summed E-state index contributed by atoms with van der Waals surface area (Å²) in [7, 11) is 4.05. The first-order valence-corrected chi connectivity index (χ1v) is 7.32. The highest BCUT2D eigenvalue weighted by molar-refractivity contribution is 5.99. The zero-order valence-electron chi connectivity index (χ0n) is 12.9. The number of rotatable bonds is 3. The number of aliphatic imine (C=N–C) groups is 1. The van der Waals surface area contributed by atoms with E-state index in [0.717, 1.165) is 25.9 Å². The Balaban J connectivity index is 2.08. The fourth-order valence-corrected chi connectivity index (χ4v) is 2.42. The predicted octanol–water partition coefficient (Wildman–Crippen LogP) is 1.84. The molecule has 1 aliphatic rings. The van der Waals surface area contributed by atoms with E-state index in [1.165, 1.54) is 6.26 Å². The molecule has 1 amide bonds. The van der Waals surface area contributed by atoms with Gasteiger partial charge in [-0.1, -0.05) is 0 Å². The molecule has 0 spiro atoms. The molecular formula is C15H23N3O3. The summed E-state index contributed by atoms with van der Waals surface area (Å²) in [4.78, 5) is 20.4. The number of hydrogen-bond donors (Lipinski definition) is 0. The van der Waals surface area contributed by atoms with Crippen LogP contribution in [0.15, 0.2) is 27.8 Å². The van der Waals surface area contributed by atoms with Crippen LogP contribution in [0.25, 0.3) is 0 Å². The van der Waals surface area contributed by atoms with E-state index in [1.807, 2.05) is 18.9 Å². The topological polar surface area (TPSA) is 58.3 Å². The molecule has 0 radical (unpaired) electrons. The Morgan fingerprint density at radius 3 is 2.81 bits per heavy atom. The molecule has 2 rings (SSSR count). The standard InChI is InChI=1S/C15H23N3O3/c1-4-20-15(16-14(19)13-6-5-11-21-13)18(3)12-7-9-17(2)10-8-12/h5-6,11-12H,4,7-10H2,1-3H3. The molecule has 0 atom stereocenters. The second kappa shape index (κ2) is 7.26. The van der Waals surface area contributed by atoms with Gasteiger partial charge in [0.1, 0.15) is 0 Å². The van der Waals surface area contributed by atoms with Crippen LogP contribution in [-0.4, -0.2) is 61.6 Å². The van der Waals surface area contributed by atoms with Crippen LogP contribution < -0.4 is 0 Å². The highest BCUT2D eigenvalue weighted by atomic mass is 16.5. The number of furan rings is 1. The summed E-state index contributed by atoms with van der Waals surface area (Å²) in [5, 5.41) is 0. The van der Waals surface area contributed by atoms with Crippen LogP contribution in [0.4, 0.5) is 0 Å². The predicted molar refractivity (Wildman–Crippen MR) is 80.4 cm³/mol. The van der Waals surface area contributed by atoms with Crippen molar-refractivity contribution in [3.63, 3.8) is 0 Å². The first-order chi connectivity index (χ1) is 10.1. The second-order valence-electron chi connectivity index (χ2n) is 5.26. The summed E-state index contributed by atoms with van der Waals surface area (Å²) in [5.74, 6) is -0.188. The summed E-state index contributed by atoms with van der Waals surface area (Å²) < 4.78 is 10.6. The molecule has 0 bridgehead atoms. The van der Waals surface area contributed by atoms with Gasteiger partial charge in [0.15, 0.2) is 5.76 Å². The van der Waals surface area contributed by atoms with Crippen molar-refractivity contribution in [2.45, 2.75) is 25.8 Å². The second-order valence-corrected chi connectivity index (χ2v) is 5.26. The minimum Gasteiger partial charge on any atom is -0.465 e. The van der Waals surface area contributed by atoms with Gasteiger partial charge in [0.2, 0.25) is 0 Å². The van der Waals surface area contributed by atoms with E-state index in [-0.39, 0.29) is 5.76 Å². The van der Waals surface area contributed by atoms with Crippen LogP contribution in [0, 0.1) is 0 Å². The third-order valence-electron chi connectivity index (χ3n) is 3.74. The van der Waals surface area contributed by atoms with Crippen LogP contribution in [0.3, 0.4) is 0 Å². The largest absolute Gasteiger partial charge is 0.465 e. The molecule has 2 heterocycles. The van der Waals surface area contributed by atoms with Gasteiger partial charge in [-0.3, -0.25) is 4.79 Å². The number of amides is 1. The van der Waals surface area contributed by atoms with Crippen LogP contribution in [0.1, 0.15) is 30.3 Å². The van der Waals surface area contributed by atoms with Gasteiger partial charge in [0.25, 0.3) is 6.02 Å². The van der Waals surface area contributed by atoms with Gasteiger partial charge in [0.05, 0.1) is 12.9 Å². The zero-order chi connectivity index (χ0) is 15.2. The van der Waals surface area contributed by atoms with Gasteiger partial charge in [-0.05, 0) is 52.0 Å². The molecule has 21 heavy (non-hydrogen) atoms. The average Bonchev–Trinajstić information content (AvgIpc) is 3.01. The molecule has 1 aliphatic heterocycles. The molecule has 1 saturated heterocycles. The van der Waals surface area contributed by atoms with Gasteiger partial charge in [-0.2, -0.15) is 4.99 Å². The molecule has 6 heteroatoms. The van der Waals surface area contributed by atoms with E-state index in [2.05, 4.69) is 16.9 Å². The van der Waals surface area contributed by atoms with Crippen molar-refractivity contribution in [3.8, 4) is 0 Å². The fraction of sp³-hybridized carbons (Fsp3) is 0.600. The SMILES string of the molecule is CCOC(=NC(=O)c1ccco1)N(C)C1CCN(C)CC1. The quantitative estimate of drug-likeness (QED) is 0.628. The van der Waals surface area contributed by atoms with E-state index < -0.39 is 5.91 Å². The summed E-state index contributed by atoms with van der Waals surface area (Å²) in [6.45, 7) is 4.44. The molecule has 116 valence electrons. The van der Waals surface area contributed by atoms with E-state index >= 15 is 0 Å². The van der Waals surface area contributed by atoms with Gasteiger partial charge >= 0.3 is 5.91 Å². The normalized spacial score (nSPS) is 17.8. The molecular weight excluding hydrogens is 270 g/mol. The molecule has 0 unspecified atom stereocenters. The number of likely N-dealkylation sites (tertiary alicyclic amines) is 1. The monoisotopic (exact) mass is 293 g/mol. The van der Waals surface area contributed by atoms with Gasteiger partial charge in [0, 0.05) is 13.1 Å². The smallest absolute Gasteiger partial charge is 0.317 e. The third kappa shape index (κ3) is 4.07. The van der Waals surface area contributed by atoms with Crippen molar-refractivity contribution in [1.29, 1.82) is 0 Å². The number of carbonyl (C=O) groups is 1. The number of hydrogen-bond acceptors (Lipinski definition) is 4. The highest BCUT2D eigenvalue weighted by Gasteiger charge is 2.24. The van der Waals surface area contributed by atoms with E-state index in [1.54, 1.807) is 12.1 Å². The number of piperidine rings is 1. The molecule has 0 aliphatic carbocycles. The van der Waals surface area contributed by atoms with E-state index in [4.69, 9.17) is 9.15 Å². The molecule has 6 nitrogen and oxygen atoms in total. The number of ether oxygens (including phenoxy) is 1. The van der Waals surface area contributed by atoms with E-state index in [9.17, 15) is 4.79 Å². The number of carbonyl (C=O) groups excluding carboxylic acids is 1. The van der Waals surface area contributed by atoms with Crippen molar-refractivity contribution in [2.24, 2.45) is 4.99 Å². The Bertz CT molecular complexity index is 476. The molecule has 0 aromatic carbocycles. The van der Waals surface area contributed by atoms with Crippen molar-refractivity contribution in [3.05, 3.63) is 24.2 Å². The number of nitrogens with zero attached hydrogens (tertiary/aromatic N) is 3. The lowest BCUT2D eigenvalue weighted by atomic mass is 10.0. The fourth-order valence-electron chi connectivity index (χ4n) is 2.42. The Morgan fingerprint density at radius 2 is 2.24 bits per heavy atom. The molecule has 0 N–H and O–H groups in total.